The van der Waals surface area contributed by atoms with Crippen molar-refractivity contribution in [1.82, 2.24) is 19.8 Å². The molecule has 1 N–H and O–H groups in total. The molecule has 3 aromatic carbocycles. The number of methoxy groups -OCH3 is 1. The zero-order valence-electron chi connectivity index (χ0n) is 19.6. The molecule has 0 unspecified atom stereocenters. The third-order valence-corrected chi connectivity index (χ3v) is 5.85. The molecule has 0 aliphatic rings. The maximum atomic E-state index is 12.9. The van der Waals surface area contributed by atoms with Gasteiger partial charge in [0.2, 0.25) is 0 Å². The maximum Gasteiger partial charge on any atom is 0.273 e. The number of aromatic nitrogens is 3. The second-order valence-corrected chi connectivity index (χ2v) is 8.21. The van der Waals surface area contributed by atoms with Crippen LogP contribution in [-0.4, -0.2) is 33.6 Å². The first kappa shape index (κ1) is 22.2. The number of hydrogen-bond donors (Lipinski definition) is 1. The Labute approximate surface area is 203 Å². The Morgan fingerprint density at radius 3 is 2.51 bits per heavy atom. The average Bonchev–Trinajstić information content (AvgIpc) is 3.45. The Balaban J connectivity index is 1.42. The van der Waals surface area contributed by atoms with Crippen molar-refractivity contribution >= 4 is 23.0 Å². The summed E-state index contributed by atoms with van der Waals surface area (Å²) in [4.78, 5) is 12.9. The van der Waals surface area contributed by atoms with Crippen molar-refractivity contribution in [3.8, 4) is 17.0 Å². The molecule has 0 bridgehead atoms. The molecule has 5 rings (SSSR count). The molecule has 0 saturated carbocycles. The summed E-state index contributed by atoms with van der Waals surface area (Å²) in [5, 5.41) is 9.95. The third-order valence-electron chi connectivity index (χ3n) is 5.85. The van der Waals surface area contributed by atoms with Gasteiger partial charge in [0, 0.05) is 41.5 Å². The number of aryl methyl sites for hydroxylation is 1. The van der Waals surface area contributed by atoms with E-state index in [2.05, 4.69) is 22.7 Å². The van der Waals surface area contributed by atoms with Gasteiger partial charge >= 0.3 is 0 Å². The number of benzene rings is 3. The van der Waals surface area contributed by atoms with E-state index in [0.717, 1.165) is 39.0 Å². The minimum atomic E-state index is -0.263. The van der Waals surface area contributed by atoms with Crippen LogP contribution in [0.4, 0.5) is 0 Å². The van der Waals surface area contributed by atoms with Gasteiger partial charge in [-0.15, -0.1) is 0 Å². The lowest BCUT2D eigenvalue weighted by Gasteiger charge is -2.03. The predicted molar refractivity (Wildman–Crippen MR) is 138 cm³/mol. The highest BCUT2D eigenvalue weighted by molar-refractivity contribution is 6.07. The molecule has 0 atom stereocenters. The smallest absolute Gasteiger partial charge is 0.273 e. The average molecular weight is 464 g/mol. The van der Waals surface area contributed by atoms with Crippen LogP contribution in [0.3, 0.4) is 0 Å². The molecule has 0 saturated heterocycles. The highest BCUT2D eigenvalue weighted by Gasteiger charge is 2.14. The molecule has 174 valence electrons. The zero-order chi connectivity index (χ0) is 24.2. The van der Waals surface area contributed by atoms with Gasteiger partial charge in [-0.25, -0.2) is 5.43 Å². The first-order valence-electron chi connectivity index (χ1n) is 11.3. The molecule has 2 aromatic heterocycles. The molecular weight excluding hydrogens is 438 g/mol. The van der Waals surface area contributed by atoms with Crippen LogP contribution >= 0.6 is 0 Å². The molecule has 0 spiro atoms. The van der Waals surface area contributed by atoms with E-state index >= 15 is 0 Å². The summed E-state index contributed by atoms with van der Waals surface area (Å²) in [5.41, 5.74) is 7.88. The summed E-state index contributed by atoms with van der Waals surface area (Å²) in [5.74, 6) is 0.510. The van der Waals surface area contributed by atoms with Crippen LogP contribution in [0.1, 0.15) is 21.5 Å². The number of carbonyl (C=O) groups excluding carboxylic acids is 1. The SMILES string of the molecule is COc1ccc(-c2nn(Cc3ccccc3)cc2/C=N/NC(=O)c2cn(C)c3ccccc23)cc1. The van der Waals surface area contributed by atoms with Gasteiger partial charge in [0.1, 0.15) is 11.4 Å². The number of carbonyl (C=O) groups is 1. The van der Waals surface area contributed by atoms with Gasteiger partial charge in [-0.2, -0.15) is 10.2 Å². The summed E-state index contributed by atoms with van der Waals surface area (Å²) in [6.07, 6.45) is 5.38. The van der Waals surface area contributed by atoms with E-state index in [0.29, 0.717) is 12.1 Å². The molecule has 2 heterocycles. The van der Waals surface area contributed by atoms with Crippen LogP contribution < -0.4 is 10.2 Å². The second-order valence-electron chi connectivity index (χ2n) is 8.21. The van der Waals surface area contributed by atoms with Crippen molar-refractivity contribution in [3.05, 3.63) is 108 Å². The number of hydrazone groups is 1. The van der Waals surface area contributed by atoms with Gasteiger partial charge in [-0.05, 0) is 35.9 Å². The van der Waals surface area contributed by atoms with Crippen LogP contribution in [-0.2, 0) is 13.6 Å². The van der Waals surface area contributed by atoms with E-state index < -0.39 is 0 Å². The fourth-order valence-corrected chi connectivity index (χ4v) is 4.10. The number of para-hydroxylation sites is 1. The van der Waals surface area contributed by atoms with E-state index in [-0.39, 0.29) is 5.91 Å². The van der Waals surface area contributed by atoms with Crippen molar-refractivity contribution in [2.24, 2.45) is 12.1 Å². The molecule has 0 radical (unpaired) electrons. The zero-order valence-corrected chi connectivity index (χ0v) is 19.6. The summed E-state index contributed by atoms with van der Waals surface area (Å²) in [7, 11) is 3.56. The van der Waals surface area contributed by atoms with Gasteiger partial charge in [-0.1, -0.05) is 48.5 Å². The van der Waals surface area contributed by atoms with Crippen LogP contribution in [0.5, 0.6) is 5.75 Å². The fraction of sp³-hybridized carbons (Fsp3) is 0.107. The van der Waals surface area contributed by atoms with Crippen LogP contribution in [0.15, 0.2) is 96.4 Å². The molecule has 0 aliphatic carbocycles. The number of nitrogens with zero attached hydrogens (tertiary/aromatic N) is 4. The van der Waals surface area contributed by atoms with Crippen LogP contribution in [0, 0.1) is 0 Å². The molecule has 7 nitrogen and oxygen atoms in total. The fourth-order valence-electron chi connectivity index (χ4n) is 4.10. The molecule has 0 fully saturated rings. The minimum Gasteiger partial charge on any atom is -0.497 e. The van der Waals surface area contributed by atoms with Gasteiger partial charge in [-0.3, -0.25) is 9.48 Å². The van der Waals surface area contributed by atoms with Crippen LogP contribution in [0.2, 0.25) is 0 Å². The number of fused-ring (bicyclic) bond motifs is 1. The lowest BCUT2D eigenvalue weighted by Crippen LogP contribution is -2.17. The van der Waals surface area contributed by atoms with Crippen molar-refractivity contribution in [2.45, 2.75) is 6.54 Å². The van der Waals surface area contributed by atoms with E-state index in [1.54, 1.807) is 13.3 Å². The topological polar surface area (TPSA) is 73.4 Å². The highest BCUT2D eigenvalue weighted by Crippen LogP contribution is 2.24. The lowest BCUT2D eigenvalue weighted by atomic mass is 10.1. The quantitative estimate of drug-likeness (QED) is 0.277. The molecule has 7 heteroatoms. The predicted octanol–water partition coefficient (Wildman–Crippen LogP) is 4.86. The normalized spacial score (nSPS) is 11.3. The van der Waals surface area contributed by atoms with Gasteiger partial charge < -0.3 is 9.30 Å². The van der Waals surface area contributed by atoms with Crippen molar-refractivity contribution in [1.29, 1.82) is 0 Å². The maximum absolute atomic E-state index is 12.9. The van der Waals surface area contributed by atoms with Gasteiger partial charge in [0.25, 0.3) is 5.91 Å². The number of nitrogens with one attached hydrogen (secondary N) is 1. The monoisotopic (exact) mass is 463 g/mol. The first-order valence-corrected chi connectivity index (χ1v) is 11.3. The standard InChI is InChI=1S/C28H25N5O2/c1-32-19-25(24-10-6-7-11-26(24)32)28(34)30-29-16-22-18-33(17-20-8-4-3-5-9-20)31-27(22)21-12-14-23(35-2)15-13-21/h3-16,18-19H,17H2,1-2H3,(H,30,34)/b29-16+. The van der Waals surface area contributed by atoms with Crippen molar-refractivity contribution < 1.29 is 9.53 Å². The molecule has 0 aliphatic heterocycles. The van der Waals surface area contributed by atoms with Crippen molar-refractivity contribution in [3.63, 3.8) is 0 Å². The molecular formula is C28H25N5O2. The van der Waals surface area contributed by atoms with Gasteiger partial charge in [0.05, 0.1) is 25.4 Å². The summed E-state index contributed by atoms with van der Waals surface area (Å²) in [6.45, 7) is 0.625. The number of ether oxygens (including phenoxy) is 1. The lowest BCUT2D eigenvalue weighted by molar-refractivity contribution is 0.0956. The summed E-state index contributed by atoms with van der Waals surface area (Å²) < 4.78 is 9.10. The van der Waals surface area contributed by atoms with E-state index in [9.17, 15) is 4.79 Å². The Morgan fingerprint density at radius 2 is 1.74 bits per heavy atom. The number of rotatable bonds is 7. The number of amides is 1. The Kier molecular flexibility index (Phi) is 6.13. The summed E-state index contributed by atoms with van der Waals surface area (Å²) >= 11 is 0. The highest BCUT2D eigenvalue weighted by atomic mass is 16.5. The Morgan fingerprint density at radius 1 is 1.00 bits per heavy atom. The molecule has 1 amide bonds. The van der Waals surface area contributed by atoms with Crippen molar-refractivity contribution in [2.75, 3.05) is 7.11 Å². The number of hydrogen-bond acceptors (Lipinski definition) is 4. The van der Waals surface area contributed by atoms with E-state index in [4.69, 9.17) is 9.84 Å². The minimum absolute atomic E-state index is 0.263. The Hall–Kier alpha value is -4.65. The first-order chi connectivity index (χ1) is 17.1. The van der Waals surface area contributed by atoms with E-state index in [1.165, 1.54) is 0 Å². The second kappa shape index (κ2) is 9.69. The summed E-state index contributed by atoms with van der Waals surface area (Å²) in [6, 6.07) is 25.6. The molecule has 5 aromatic rings. The van der Waals surface area contributed by atoms with Crippen LogP contribution in [0.25, 0.3) is 22.2 Å². The Bertz CT molecular complexity index is 1500. The molecule has 35 heavy (non-hydrogen) atoms. The van der Waals surface area contributed by atoms with E-state index in [1.807, 2.05) is 95.4 Å². The largest absolute Gasteiger partial charge is 0.497 e. The van der Waals surface area contributed by atoms with Gasteiger partial charge in [0.15, 0.2) is 0 Å². The third kappa shape index (κ3) is 4.70.